The predicted octanol–water partition coefficient (Wildman–Crippen LogP) is 4.44. The fourth-order valence-electron chi connectivity index (χ4n) is 2.85. The second-order valence-corrected chi connectivity index (χ2v) is 6.98. The molecule has 5 heteroatoms. The van der Waals surface area contributed by atoms with Crippen LogP contribution in [0.1, 0.15) is 5.56 Å². The van der Waals surface area contributed by atoms with Crippen molar-refractivity contribution in [3.05, 3.63) is 58.4 Å². The molecule has 0 bridgehead atoms. The molecule has 2 aromatic heterocycles. The van der Waals surface area contributed by atoms with Gasteiger partial charge in [0.05, 0.1) is 15.8 Å². The van der Waals surface area contributed by atoms with E-state index in [1.165, 1.54) is 11.3 Å². The first kappa shape index (κ1) is 14.9. The summed E-state index contributed by atoms with van der Waals surface area (Å²) in [6, 6.07) is 13.8. The third kappa shape index (κ3) is 2.29. The van der Waals surface area contributed by atoms with E-state index >= 15 is 0 Å². The van der Waals surface area contributed by atoms with E-state index in [9.17, 15) is 4.79 Å². The van der Waals surface area contributed by atoms with Gasteiger partial charge in [-0.05, 0) is 36.8 Å². The SMILES string of the molecule is Cc1c(-c2nc3ccccc3s2)c(=O)oc2cc(N(C)C)ccc12. The Bertz CT molecular complexity index is 1090. The second-order valence-electron chi connectivity index (χ2n) is 5.95. The topological polar surface area (TPSA) is 46.3 Å². The van der Waals surface area contributed by atoms with Crippen molar-refractivity contribution < 1.29 is 4.42 Å². The summed E-state index contributed by atoms with van der Waals surface area (Å²) < 4.78 is 6.66. The minimum absolute atomic E-state index is 0.338. The highest BCUT2D eigenvalue weighted by Crippen LogP contribution is 2.33. The molecule has 0 atom stereocenters. The van der Waals surface area contributed by atoms with Crippen molar-refractivity contribution in [3.63, 3.8) is 0 Å². The number of nitrogens with zero attached hydrogens (tertiary/aromatic N) is 2. The minimum Gasteiger partial charge on any atom is -0.422 e. The van der Waals surface area contributed by atoms with Gasteiger partial charge < -0.3 is 9.32 Å². The standard InChI is InChI=1S/C19H16N2O2S/c1-11-13-9-8-12(21(2)3)10-15(13)23-19(22)17(11)18-20-14-6-4-5-7-16(14)24-18/h4-10H,1-3H3. The second kappa shape index (κ2) is 5.46. The number of rotatable bonds is 2. The first-order valence-corrected chi connectivity index (χ1v) is 8.47. The highest BCUT2D eigenvalue weighted by molar-refractivity contribution is 7.21. The summed E-state index contributed by atoms with van der Waals surface area (Å²) in [5, 5.41) is 1.65. The summed E-state index contributed by atoms with van der Waals surface area (Å²) in [4.78, 5) is 19.2. The van der Waals surface area contributed by atoms with Crippen LogP contribution in [-0.2, 0) is 0 Å². The van der Waals surface area contributed by atoms with Crippen LogP contribution in [0.15, 0.2) is 51.7 Å². The number of aromatic nitrogens is 1. The van der Waals surface area contributed by atoms with Crippen LogP contribution >= 0.6 is 11.3 Å². The number of anilines is 1. The normalized spacial score (nSPS) is 11.3. The molecule has 120 valence electrons. The van der Waals surface area contributed by atoms with E-state index < -0.39 is 0 Å². The maximum atomic E-state index is 12.6. The van der Waals surface area contributed by atoms with Crippen LogP contribution in [0.5, 0.6) is 0 Å². The Kier molecular flexibility index (Phi) is 3.39. The minimum atomic E-state index is -0.338. The van der Waals surface area contributed by atoms with Crippen molar-refractivity contribution in [1.82, 2.24) is 4.98 Å². The number of aryl methyl sites for hydroxylation is 1. The van der Waals surface area contributed by atoms with Gasteiger partial charge in [-0.1, -0.05) is 12.1 Å². The van der Waals surface area contributed by atoms with Gasteiger partial charge in [0.15, 0.2) is 0 Å². The molecule has 0 saturated carbocycles. The molecule has 2 heterocycles. The van der Waals surface area contributed by atoms with Gasteiger partial charge in [-0.15, -0.1) is 11.3 Å². The van der Waals surface area contributed by atoms with Crippen LogP contribution in [-0.4, -0.2) is 19.1 Å². The average Bonchev–Trinajstić information content (AvgIpc) is 2.97. The Hall–Kier alpha value is -2.66. The summed E-state index contributed by atoms with van der Waals surface area (Å²) in [6.45, 7) is 1.95. The number of benzene rings is 2. The molecule has 0 aliphatic rings. The molecule has 2 aromatic carbocycles. The van der Waals surface area contributed by atoms with Crippen molar-refractivity contribution in [1.29, 1.82) is 0 Å². The van der Waals surface area contributed by atoms with Gasteiger partial charge in [0.1, 0.15) is 10.6 Å². The molecule has 4 rings (SSSR count). The van der Waals surface area contributed by atoms with E-state index in [-0.39, 0.29) is 5.63 Å². The molecular weight excluding hydrogens is 320 g/mol. The number of hydrogen-bond donors (Lipinski definition) is 0. The highest BCUT2D eigenvalue weighted by atomic mass is 32.1. The molecule has 0 unspecified atom stereocenters. The van der Waals surface area contributed by atoms with E-state index in [4.69, 9.17) is 4.42 Å². The van der Waals surface area contributed by atoms with E-state index in [2.05, 4.69) is 4.98 Å². The Labute approximate surface area is 143 Å². The molecule has 0 radical (unpaired) electrons. The van der Waals surface area contributed by atoms with Crippen molar-refractivity contribution in [2.45, 2.75) is 6.92 Å². The van der Waals surface area contributed by atoms with E-state index in [1.807, 2.05) is 68.4 Å². The van der Waals surface area contributed by atoms with E-state index in [1.54, 1.807) is 0 Å². The lowest BCUT2D eigenvalue weighted by Crippen LogP contribution is -2.09. The van der Waals surface area contributed by atoms with Crippen molar-refractivity contribution >= 4 is 38.2 Å². The molecule has 4 nitrogen and oxygen atoms in total. The fourth-order valence-corrected chi connectivity index (χ4v) is 3.90. The molecule has 0 amide bonds. The largest absolute Gasteiger partial charge is 0.422 e. The molecule has 0 saturated heterocycles. The highest BCUT2D eigenvalue weighted by Gasteiger charge is 2.17. The predicted molar refractivity (Wildman–Crippen MR) is 100 cm³/mol. The lowest BCUT2D eigenvalue weighted by Gasteiger charge is -2.13. The average molecular weight is 336 g/mol. The Balaban J connectivity index is 1.98. The Morgan fingerprint density at radius 3 is 2.67 bits per heavy atom. The van der Waals surface area contributed by atoms with Crippen LogP contribution < -0.4 is 10.5 Å². The number of thiazole rings is 1. The van der Waals surface area contributed by atoms with Gasteiger partial charge in [0, 0.05) is 31.2 Å². The molecule has 0 fully saturated rings. The lowest BCUT2D eigenvalue weighted by molar-refractivity contribution is 0.562. The summed E-state index contributed by atoms with van der Waals surface area (Å²) in [5.41, 5.74) is 3.63. The summed E-state index contributed by atoms with van der Waals surface area (Å²) in [6.07, 6.45) is 0. The number of para-hydroxylation sites is 1. The van der Waals surface area contributed by atoms with Crippen molar-refractivity contribution in [2.24, 2.45) is 0 Å². The van der Waals surface area contributed by atoms with Gasteiger partial charge in [0.2, 0.25) is 0 Å². The zero-order chi connectivity index (χ0) is 16.8. The third-order valence-electron chi connectivity index (χ3n) is 4.18. The third-order valence-corrected chi connectivity index (χ3v) is 5.23. The van der Waals surface area contributed by atoms with Crippen LogP contribution in [0.25, 0.3) is 31.8 Å². The van der Waals surface area contributed by atoms with E-state index in [0.29, 0.717) is 16.2 Å². The Morgan fingerprint density at radius 1 is 1.12 bits per heavy atom. The molecule has 4 aromatic rings. The first-order valence-electron chi connectivity index (χ1n) is 7.65. The molecule has 0 spiro atoms. The van der Waals surface area contributed by atoms with Gasteiger partial charge in [-0.3, -0.25) is 0 Å². The molecule has 24 heavy (non-hydrogen) atoms. The fraction of sp³-hybridized carbons (Fsp3) is 0.158. The van der Waals surface area contributed by atoms with Gasteiger partial charge in [0.25, 0.3) is 0 Å². The summed E-state index contributed by atoms with van der Waals surface area (Å²) in [7, 11) is 3.92. The van der Waals surface area contributed by atoms with Crippen LogP contribution in [0.2, 0.25) is 0 Å². The lowest BCUT2D eigenvalue weighted by atomic mass is 10.1. The van der Waals surface area contributed by atoms with Crippen molar-refractivity contribution in [3.8, 4) is 10.6 Å². The number of fused-ring (bicyclic) bond motifs is 2. The van der Waals surface area contributed by atoms with Gasteiger partial charge in [-0.2, -0.15) is 0 Å². The Morgan fingerprint density at radius 2 is 1.92 bits per heavy atom. The smallest absolute Gasteiger partial charge is 0.346 e. The van der Waals surface area contributed by atoms with Crippen molar-refractivity contribution in [2.75, 3.05) is 19.0 Å². The van der Waals surface area contributed by atoms with Crippen LogP contribution in [0.4, 0.5) is 5.69 Å². The van der Waals surface area contributed by atoms with E-state index in [0.717, 1.165) is 26.9 Å². The first-order chi connectivity index (χ1) is 11.5. The molecular formula is C19H16N2O2S. The van der Waals surface area contributed by atoms with Crippen LogP contribution in [0, 0.1) is 6.92 Å². The zero-order valence-corrected chi connectivity index (χ0v) is 14.5. The quantitative estimate of drug-likeness (QED) is 0.508. The maximum absolute atomic E-state index is 12.6. The summed E-state index contributed by atoms with van der Waals surface area (Å²) in [5.74, 6) is 0. The summed E-state index contributed by atoms with van der Waals surface area (Å²) >= 11 is 1.52. The zero-order valence-electron chi connectivity index (χ0n) is 13.7. The monoisotopic (exact) mass is 336 g/mol. The maximum Gasteiger partial charge on any atom is 0.346 e. The number of hydrogen-bond acceptors (Lipinski definition) is 5. The van der Waals surface area contributed by atoms with Gasteiger partial charge in [-0.25, -0.2) is 9.78 Å². The van der Waals surface area contributed by atoms with Gasteiger partial charge >= 0.3 is 5.63 Å². The molecule has 0 N–H and O–H groups in total. The molecule has 0 aliphatic carbocycles. The van der Waals surface area contributed by atoms with Crippen LogP contribution in [0.3, 0.4) is 0 Å². The molecule has 0 aliphatic heterocycles.